The number of aliphatic carboxylic acids is 1. The molecule has 1 atom stereocenters. The van der Waals surface area contributed by atoms with Gasteiger partial charge in [0, 0.05) is 30.9 Å². The minimum atomic E-state index is -1.04. The fourth-order valence-electron chi connectivity index (χ4n) is 2.45. The van der Waals surface area contributed by atoms with Gasteiger partial charge in [-0.2, -0.15) is 0 Å². The van der Waals surface area contributed by atoms with E-state index in [9.17, 15) is 14.7 Å². The first-order valence-electron chi connectivity index (χ1n) is 8.26. The molecule has 0 saturated carbocycles. The van der Waals surface area contributed by atoms with E-state index < -0.39 is 12.0 Å². The van der Waals surface area contributed by atoms with Crippen molar-refractivity contribution in [2.24, 2.45) is 0 Å². The second-order valence-electron chi connectivity index (χ2n) is 7.09. The van der Waals surface area contributed by atoms with Gasteiger partial charge in [0.15, 0.2) is 5.78 Å². The molecule has 0 saturated heterocycles. The normalized spacial score (nSPS) is 12.6. The second-order valence-corrected chi connectivity index (χ2v) is 7.09. The van der Waals surface area contributed by atoms with Crippen LogP contribution in [0.5, 0.6) is 0 Å². The van der Waals surface area contributed by atoms with E-state index in [1.165, 1.54) is 0 Å². The number of aromatic nitrogens is 1. The van der Waals surface area contributed by atoms with E-state index in [0.29, 0.717) is 12.1 Å². The summed E-state index contributed by atoms with van der Waals surface area (Å²) in [6.07, 6.45) is 3.23. The molecule has 2 rings (SSSR count). The summed E-state index contributed by atoms with van der Waals surface area (Å²) in [5, 5.41) is 12.3. The zero-order valence-corrected chi connectivity index (χ0v) is 14.8. The van der Waals surface area contributed by atoms with Gasteiger partial charge in [-0.05, 0) is 22.6 Å². The van der Waals surface area contributed by atoms with Crippen molar-refractivity contribution in [1.82, 2.24) is 10.3 Å². The van der Waals surface area contributed by atoms with Gasteiger partial charge < -0.3 is 5.11 Å². The first kappa shape index (κ1) is 18.8. The number of hydrogen-bond acceptors (Lipinski definition) is 4. The number of benzene rings is 1. The Kier molecular flexibility index (Phi) is 6.04. The Bertz CT molecular complexity index is 719. The fraction of sp³-hybridized carbons (Fsp3) is 0.350. The summed E-state index contributed by atoms with van der Waals surface area (Å²) in [6, 6.07) is 10.1. The van der Waals surface area contributed by atoms with Gasteiger partial charge in [0.05, 0.1) is 0 Å². The molecule has 0 amide bonds. The zero-order valence-electron chi connectivity index (χ0n) is 14.8. The first-order chi connectivity index (χ1) is 11.8. The Labute approximate surface area is 148 Å². The van der Waals surface area contributed by atoms with E-state index in [-0.39, 0.29) is 17.6 Å². The van der Waals surface area contributed by atoms with Gasteiger partial charge in [0.1, 0.15) is 6.04 Å². The summed E-state index contributed by atoms with van der Waals surface area (Å²) < 4.78 is 0. The van der Waals surface area contributed by atoms with Crippen molar-refractivity contribution in [3.05, 3.63) is 65.5 Å². The van der Waals surface area contributed by atoms with Gasteiger partial charge in [-0.1, -0.05) is 51.1 Å². The highest BCUT2D eigenvalue weighted by Gasteiger charge is 2.22. The summed E-state index contributed by atoms with van der Waals surface area (Å²) in [6.45, 7) is 6.66. The molecule has 132 valence electrons. The van der Waals surface area contributed by atoms with Gasteiger partial charge >= 0.3 is 5.97 Å². The van der Waals surface area contributed by atoms with E-state index >= 15 is 0 Å². The van der Waals surface area contributed by atoms with Crippen LogP contribution in [0.4, 0.5) is 0 Å². The Morgan fingerprint density at radius 1 is 1.16 bits per heavy atom. The smallest absolute Gasteiger partial charge is 0.321 e. The highest BCUT2D eigenvalue weighted by molar-refractivity contribution is 5.98. The van der Waals surface area contributed by atoms with Gasteiger partial charge in [0.25, 0.3) is 0 Å². The molecule has 2 N–H and O–H groups in total. The molecule has 2 aromatic rings. The zero-order chi connectivity index (χ0) is 18.4. The molecule has 5 nitrogen and oxygen atoms in total. The first-order valence-corrected chi connectivity index (χ1v) is 8.26. The van der Waals surface area contributed by atoms with Gasteiger partial charge in [-0.25, -0.2) is 0 Å². The lowest BCUT2D eigenvalue weighted by atomic mass is 9.86. The number of pyridine rings is 1. The van der Waals surface area contributed by atoms with E-state index in [0.717, 1.165) is 11.1 Å². The number of nitrogens with one attached hydrogen (secondary N) is 1. The topological polar surface area (TPSA) is 79.3 Å². The average Bonchev–Trinajstić information content (AvgIpc) is 2.58. The minimum absolute atomic E-state index is 0.0104. The monoisotopic (exact) mass is 340 g/mol. The highest BCUT2D eigenvalue weighted by Crippen LogP contribution is 2.22. The Balaban J connectivity index is 2.01. The minimum Gasteiger partial charge on any atom is -0.480 e. The van der Waals surface area contributed by atoms with Crippen molar-refractivity contribution in [3.63, 3.8) is 0 Å². The van der Waals surface area contributed by atoms with Gasteiger partial charge in [-0.3, -0.25) is 19.9 Å². The van der Waals surface area contributed by atoms with Crippen molar-refractivity contribution >= 4 is 11.8 Å². The summed E-state index contributed by atoms with van der Waals surface area (Å²) in [5.74, 6) is -1.23. The molecular formula is C20H24N2O3. The van der Waals surface area contributed by atoms with E-state index in [1.807, 2.05) is 18.2 Å². The Morgan fingerprint density at radius 2 is 1.84 bits per heavy atom. The van der Waals surface area contributed by atoms with Crippen LogP contribution in [0.15, 0.2) is 48.8 Å². The van der Waals surface area contributed by atoms with E-state index in [4.69, 9.17) is 0 Å². The third kappa shape index (κ3) is 5.50. The largest absolute Gasteiger partial charge is 0.480 e. The van der Waals surface area contributed by atoms with Crippen LogP contribution in [0.25, 0.3) is 0 Å². The third-order valence-corrected chi connectivity index (χ3v) is 4.04. The number of rotatable bonds is 7. The summed E-state index contributed by atoms with van der Waals surface area (Å²) in [7, 11) is 0. The molecule has 0 aliphatic heterocycles. The number of hydrogen-bond donors (Lipinski definition) is 2. The van der Waals surface area contributed by atoms with Crippen LogP contribution in [-0.4, -0.2) is 27.9 Å². The molecule has 5 heteroatoms. The lowest BCUT2D eigenvalue weighted by molar-refractivity contribution is -0.139. The van der Waals surface area contributed by atoms with Crippen LogP contribution in [0.1, 0.15) is 48.7 Å². The van der Waals surface area contributed by atoms with Crippen molar-refractivity contribution in [1.29, 1.82) is 0 Å². The van der Waals surface area contributed by atoms with Gasteiger partial charge in [-0.15, -0.1) is 0 Å². The average molecular weight is 340 g/mol. The van der Waals surface area contributed by atoms with Gasteiger partial charge in [0.2, 0.25) is 0 Å². The van der Waals surface area contributed by atoms with Crippen LogP contribution >= 0.6 is 0 Å². The number of carboxylic acids is 1. The summed E-state index contributed by atoms with van der Waals surface area (Å²) in [4.78, 5) is 27.8. The molecule has 1 aromatic carbocycles. The molecule has 1 unspecified atom stereocenters. The van der Waals surface area contributed by atoms with Crippen LogP contribution < -0.4 is 5.32 Å². The molecule has 1 aromatic heterocycles. The standard InChI is InChI=1S/C20H24N2O3/c1-20(2,3)16-8-6-15(7-9-16)18(23)11-17(19(24)25)22-13-14-5-4-10-21-12-14/h4-10,12,17,22H,11,13H2,1-3H3,(H,24,25). The fourth-order valence-corrected chi connectivity index (χ4v) is 2.45. The SMILES string of the molecule is CC(C)(C)c1ccc(C(=O)CC(NCc2cccnc2)C(=O)O)cc1. The van der Waals surface area contributed by atoms with Crippen molar-refractivity contribution in [2.45, 2.75) is 45.2 Å². The van der Waals surface area contributed by atoms with Crippen LogP contribution in [0.2, 0.25) is 0 Å². The molecule has 25 heavy (non-hydrogen) atoms. The maximum atomic E-state index is 12.4. The molecule has 0 aliphatic rings. The van der Waals surface area contributed by atoms with E-state index in [1.54, 1.807) is 30.6 Å². The molecule has 1 heterocycles. The molecule has 0 fully saturated rings. The molecular weight excluding hydrogens is 316 g/mol. The second kappa shape index (κ2) is 8.03. The quantitative estimate of drug-likeness (QED) is 0.757. The Hall–Kier alpha value is -2.53. The van der Waals surface area contributed by atoms with Crippen molar-refractivity contribution in [2.75, 3.05) is 0 Å². The molecule has 0 bridgehead atoms. The number of ketones is 1. The van der Waals surface area contributed by atoms with Crippen molar-refractivity contribution < 1.29 is 14.7 Å². The predicted octanol–water partition coefficient (Wildman–Crippen LogP) is 3.19. The lowest BCUT2D eigenvalue weighted by Crippen LogP contribution is -2.38. The number of nitrogens with zero attached hydrogens (tertiary/aromatic N) is 1. The van der Waals surface area contributed by atoms with Crippen LogP contribution in [-0.2, 0) is 16.8 Å². The summed E-state index contributed by atoms with van der Waals surface area (Å²) in [5.41, 5.74) is 2.54. The molecule has 0 spiro atoms. The number of Topliss-reactive ketones (excluding diaryl/α,β-unsaturated/α-hetero) is 1. The lowest BCUT2D eigenvalue weighted by Gasteiger charge is -2.19. The highest BCUT2D eigenvalue weighted by atomic mass is 16.4. The maximum Gasteiger partial charge on any atom is 0.321 e. The van der Waals surface area contributed by atoms with E-state index in [2.05, 4.69) is 31.1 Å². The summed E-state index contributed by atoms with van der Waals surface area (Å²) >= 11 is 0. The van der Waals surface area contributed by atoms with Crippen LogP contribution in [0.3, 0.4) is 0 Å². The predicted molar refractivity (Wildman–Crippen MR) is 96.6 cm³/mol. The molecule has 0 radical (unpaired) electrons. The molecule has 0 aliphatic carbocycles. The number of carbonyl (C=O) groups excluding carboxylic acids is 1. The van der Waals surface area contributed by atoms with Crippen LogP contribution in [0, 0.1) is 0 Å². The van der Waals surface area contributed by atoms with Crippen molar-refractivity contribution in [3.8, 4) is 0 Å². The third-order valence-electron chi connectivity index (χ3n) is 4.04. The Morgan fingerprint density at radius 3 is 2.36 bits per heavy atom. The number of carboxylic acid groups (broad SMARTS) is 1. The number of carbonyl (C=O) groups is 2. The maximum absolute atomic E-state index is 12.4.